The van der Waals surface area contributed by atoms with Gasteiger partial charge in [-0.25, -0.2) is 15.0 Å². The van der Waals surface area contributed by atoms with Crippen molar-refractivity contribution in [1.29, 1.82) is 0 Å². The van der Waals surface area contributed by atoms with Crippen molar-refractivity contribution in [3.63, 3.8) is 0 Å². The number of thioether (sulfide) groups is 1. The Morgan fingerprint density at radius 3 is 2.86 bits per heavy atom. The normalized spacial score (nSPS) is 19.1. The molecule has 154 valence electrons. The molecule has 0 amide bonds. The number of ether oxygens (including phenoxy) is 2. The molecule has 1 saturated heterocycles. The van der Waals surface area contributed by atoms with Crippen LogP contribution in [-0.2, 0) is 22.5 Å². The van der Waals surface area contributed by atoms with Gasteiger partial charge < -0.3 is 19.5 Å². The maximum absolute atomic E-state index is 9.23. The Balaban J connectivity index is 1.75. The molecule has 0 radical (unpaired) electrons. The number of fused-ring (bicyclic) bond motifs is 5. The van der Waals surface area contributed by atoms with Crippen molar-refractivity contribution >= 4 is 49.3 Å². The first kappa shape index (κ1) is 19.4. The molecule has 0 atom stereocenters. The molecule has 5 rings (SSSR count). The highest BCUT2D eigenvalue weighted by Crippen LogP contribution is 2.44. The van der Waals surface area contributed by atoms with E-state index in [-0.39, 0.29) is 12.2 Å². The molecule has 0 spiro atoms. The predicted molar refractivity (Wildman–Crippen MR) is 116 cm³/mol. The second kappa shape index (κ2) is 7.63. The average molecular weight is 433 g/mol. The average Bonchev–Trinajstić information content (AvgIpc) is 3.11. The fourth-order valence-corrected chi connectivity index (χ4v) is 6.02. The van der Waals surface area contributed by atoms with E-state index >= 15 is 0 Å². The van der Waals surface area contributed by atoms with Crippen molar-refractivity contribution < 1.29 is 14.6 Å². The summed E-state index contributed by atoms with van der Waals surface area (Å²) < 4.78 is 12.8. The Hall–Kier alpha value is -1.52. The number of hydrogen-bond donors (Lipinski definition) is 1. The van der Waals surface area contributed by atoms with E-state index in [0.717, 1.165) is 64.0 Å². The van der Waals surface area contributed by atoms with Crippen LogP contribution < -0.4 is 4.90 Å². The SMILES string of the molecule is CC1(C)Cc2c(c(N3CCOCC3)nc3sc4c(SCCO)ncnc4c23)CO1. The lowest BCUT2D eigenvalue weighted by Gasteiger charge is -2.36. The fourth-order valence-electron chi connectivity index (χ4n) is 4.05. The van der Waals surface area contributed by atoms with Crippen LogP contribution in [0.2, 0.25) is 0 Å². The summed E-state index contributed by atoms with van der Waals surface area (Å²) in [6, 6.07) is 0. The number of thiophene rings is 1. The van der Waals surface area contributed by atoms with Crippen LogP contribution in [0.5, 0.6) is 0 Å². The van der Waals surface area contributed by atoms with E-state index in [1.165, 1.54) is 11.1 Å². The molecule has 7 nitrogen and oxygen atoms in total. The Labute approximate surface area is 177 Å². The quantitative estimate of drug-likeness (QED) is 0.498. The zero-order valence-corrected chi connectivity index (χ0v) is 18.2. The fraction of sp³-hybridized carbons (Fsp3) is 0.550. The summed E-state index contributed by atoms with van der Waals surface area (Å²) in [5, 5.41) is 11.3. The van der Waals surface area contributed by atoms with E-state index < -0.39 is 0 Å². The number of pyridine rings is 1. The lowest BCUT2D eigenvalue weighted by atomic mass is 9.90. The van der Waals surface area contributed by atoms with E-state index in [9.17, 15) is 5.11 Å². The summed E-state index contributed by atoms with van der Waals surface area (Å²) in [5.41, 5.74) is 3.23. The Bertz CT molecular complexity index is 1060. The number of morpholine rings is 1. The number of nitrogens with zero attached hydrogens (tertiary/aromatic N) is 4. The maximum Gasteiger partial charge on any atom is 0.136 e. The standard InChI is InChI=1S/C20H24N4O3S2/c1-20(2)9-12-13(10-27-20)17(24-3-6-26-7-4-24)23-18-14(12)15-16(29-18)19(22-11-21-15)28-8-5-25/h11,25H,3-10H2,1-2H3. The molecule has 0 unspecified atom stereocenters. The van der Waals surface area contributed by atoms with E-state index in [2.05, 4.69) is 28.7 Å². The zero-order valence-electron chi connectivity index (χ0n) is 16.6. The van der Waals surface area contributed by atoms with Crippen molar-refractivity contribution in [3.05, 3.63) is 17.5 Å². The van der Waals surface area contributed by atoms with Gasteiger partial charge in [0.2, 0.25) is 0 Å². The second-order valence-corrected chi connectivity index (χ2v) is 10.0. The molecule has 0 aromatic carbocycles. The molecule has 2 aliphatic heterocycles. The highest BCUT2D eigenvalue weighted by Gasteiger charge is 2.33. The monoisotopic (exact) mass is 432 g/mol. The molecule has 0 bridgehead atoms. The second-order valence-electron chi connectivity index (χ2n) is 7.93. The van der Waals surface area contributed by atoms with E-state index in [4.69, 9.17) is 14.5 Å². The van der Waals surface area contributed by atoms with Gasteiger partial charge >= 0.3 is 0 Å². The first-order valence-corrected chi connectivity index (χ1v) is 11.7. The maximum atomic E-state index is 9.23. The summed E-state index contributed by atoms with van der Waals surface area (Å²) >= 11 is 3.22. The lowest BCUT2D eigenvalue weighted by molar-refractivity contribution is -0.0396. The molecule has 2 aliphatic rings. The molecule has 5 heterocycles. The molecule has 3 aromatic rings. The molecule has 3 aromatic heterocycles. The Morgan fingerprint density at radius 2 is 2.07 bits per heavy atom. The van der Waals surface area contributed by atoms with E-state index in [1.54, 1.807) is 29.4 Å². The third kappa shape index (κ3) is 3.48. The third-order valence-electron chi connectivity index (χ3n) is 5.41. The van der Waals surface area contributed by atoms with Gasteiger partial charge in [0.15, 0.2) is 0 Å². The van der Waals surface area contributed by atoms with Gasteiger partial charge in [-0.05, 0) is 19.4 Å². The topological polar surface area (TPSA) is 80.6 Å². The smallest absolute Gasteiger partial charge is 0.136 e. The van der Waals surface area contributed by atoms with Crippen LogP contribution >= 0.6 is 23.1 Å². The molecule has 29 heavy (non-hydrogen) atoms. The molecular formula is C20H24N4O3S2. The van der Waals surface area contributed by atoms with Gasteiger partial charge in [0, 0.05) is 36.2 Å². The molecule has 9 heteroatoms. The number of aromatic nitrogens is 3. The minimum absolute atomic E-state index is 0.126. The van der Waals surface area contributed by atoms with Crippen LogP contribution in [0.3, 0.4) is 0 Å². The van der Waals surface area contributed by atoms with Gasteiger partial charge in [-0.3, -0.25) is 0 Å². The predicted octanol–water partition coefficient (Wildman–Crippen LogP) is 3.01. The van der Waals surface area contributed by atoms with Crippen LogP contribution in [-0.4, -0.2) is 64.3 Å². The summed E-state index contributed by atoms with van der Waals surface area (Å²) in [6.07, 6.45) is 2.45. The minimum atomic E-state index is -0.223. The summed E-state index contributed by atoms with van der Waals surface area (Å²) in [6.45, 7) is 8.11. The highest BCUT2D eigenvalue weighted by atomic mass is 32.2. The first-order chi connectivity index (χ1) is 14.1. The van der Waals surface area contributed by atoms with Crippen LogP contribution in [0.4, 0.5) is 5.82 Å². The minimum Gasteiger partial charge on any atom is -0.396 e. The van der Waals surface area contributed by atoms with Crippen molar-refractivity contribution in [2.24, 2.45) is 0 Å². The molecular weight excluding hydrogens is 408 g/mol. The van der Waals surface area contributed by atoms with Crippen LogP contribution in [0, 0.1) is 0 Å². The Morgan fingerprint density at radius 1 is 1.24 bits per heavy atom. The number of aliphatic hydroxyl groups excluding tert-OH is 1. The number of aliphatic hydroxyl groups is 1. The van der Waals surface area contributed by atoms with Gasteiger partial charge in [-0.1, -0.05) is 0 Å². The van der Waals surface area contributed by atoms with Crippen LogP contribution in [0.15, 0.2) is 11.4 Å². The summed E-state index contributed by atoms with van der Waals surface area (Å²) in [5.74, 6) is 1.64. The zero-order chi connectivity index (χ0) is 20.0. The van der Waals surface area contributed by atoms with E-state index in [1.807, 2.05) is 0 Å². The number of anilines is 1. The number of hydrogen-bond acceptors (Lipinski definition) is 9. The largest absolute Gasteiger partial charge is 0.396 e. The van der Waals surface area contributed by atoms with E-state index in [0.29, 0.717) is 12.4 Å². The van der Waals surface area contributed by atoms with Crippen molar-refractivity contribution in [2.45, 2.75) is 37.5 Å². The third-order valence-corrected chi connectivity index (χ3v) is 7.59. The molecule has 1 fully saturated rings. The molecule has 1 N–H and O–H groups in total. The molecule has 0 aliphatic carbocycles. The highest BCUT2D eigenvalue weighted by molar-refractivity contribution is 7.99. The van der Waals surface area contributed by atoms with Gasteiger partial charge in [0.1, 0.15) is 22.0 Å². The van der Waals surface area contributed by atoms with Crippen molar-refractivity contribution in [3.8, 4) is 0 Å². The van der Waals surface area contributed by atoms with Gasteiger partial charge in [-0.2, -0.15) is 0 Å². The van der Waals surface area contributed by atoms with Gasteiger partial charge in [-0.15, -0.1) is 23.1 Å². The van der Waals surface area contributed by atoms with Gasteiger partial charge in [0.05, 0.1) is 42.2 Å². The summed E-state index contributed by atoms with van der Waals surface area (Å²) in [7, 11) is 0. The first-order valence-electron chi connectivity index (χ1n) is 9.86. The summed E-state index contributed by atoms with van der Waals surface area (Å²) in [4.78, 5) is 17.5. The van der Waals surface area contributed by atoms with Crippen molar-refractivity contribution in [1.82, 2.24) is 15.0 Å². The van der Waals surface area contributed by atoms with Crippen LogP contribution in [0.25, 0.3) is 20.4 Å². The van der Waals surface area contributed by atoms with Gasteiger partial charge in [0.25, 0.3) is 0 Å². The van der Waals surface area contributed by atoms with Crippen LogP contribution in [0.1, 0.15) is 25.0 Å². The Kier molecular flexibility index (Phi) is 5.11. The lowest BCUT2D eigenvalue weighted by Crippen LogP contribution is -2.39. The molecule has 0 saturated carbocycles. The van der Waals surface area contributed by atoms with Crippen molar-refractivity contribution in [2.75, 3.05) is 43.6 Å². The number of rotatable bonds is 4.